The van der Waals surface area contributed by atoms with Crippen molar-refractivity contribution in [3.8, 4) is 0 Å². The molecule has 0 spiro atoms. The SMILES string of the molecule is Cn1ncc2c(=O)n(CC(=O)N(Cc3ccco3)c3ccccc3)cnc21. The number of benzene rings is 1. The summed E-state index contributed by atoms with van der Waals surface area (Å²) in [7, 11) is 1.71. The Hall–Kier alpha value is -3.68. The Morgan fingerprint density at radius 2 is 2.00 bits per heavy atom. The quantitative estimate of drug-likeness (QED) is 0.541. The Morgan fingerprint density at radius 1 is 1.19 bits per heavy atom. The molecular weight excluding hydrogens is 346 g/mol. The number of hydrogen-bond acceptors (Lipinski definition) is 5. The molecule has 0 saturated carbocycles. The summed E-state index contributed by atoms with van der Waals surface area (Å²) in [5, 5.41) is 4.42. The zero-order chi connectivity index (χ0) is 18.8. The number of aryl methyl sites for hydroxylation is 1. The number of nitrogens with zero attached hydrogens (tertiary/aromatic N) is 5. The van der Waals surface area contributed by atoms with Crippen molar-refractivity contribution in [2.45, 2.75) is 13.1 Å². The highest BCUT2D eigenvalue weighted by Crippen LogP contribution is 2.18. The van der Waals surface area contributed by atoms with Crippen molar-refractivity contribution in [2.75, 3.05) is 4.90 Å². The van der Waals surface area contributed by atoms with Crippen molar-refractivity contribution in [3.05, 3.63) is 77.4 Å². The van der Waals surface area contributed by atoms with Crippen LogP contribution in [-0.4, -0.2) is 25.2 Å². The van der Waals surface area contributed by atoms with Crippen molar-refractivity contribution in [1.82, 2.24) is 19.3 Å². The fourth-order valence-corrected chi connectivity index (χ4v) is 2.90. The zero-order valence-corrected chi connectivity index (χ0v) is 14.6. The average Bonchev–Trinajstić information content (AvgIpc) is 3.33. The minimum Gasteiger partial charge on any atom is -0.467 e. The minimum absolute atomic E-state index is 0.133. The maximum Gasteiger partial charge on any atom is 0.264 e. The van der Waals surface area contributed by atoms with E-state index in [-0.39, 0.29) is 24.6 Å². The molecule has 0 aliphatic heterocycles. The van der Waals surface area contributed by atoms with E-state index in [1.165, 1.54) is 21.8 Å². The fourth-order valence-electron chi connectivity index (χ4n) is 2.90. The molecule has 0 saturated heterocycles. The van der Waals surface area contributed by atoms with Crippen molar-refractivity contribution < 1.29 is 9.21 Å². The van der Waals surface area contributed by atoms with Crippen molar-refractivity contribution in [2.24, 2.45) is 7.05 Å². The predicted molar refractivity (Wildman–Crippen MR) is 99.1 cm³/mol. The Kier molecular flexibility index (Phi) is 4.29. The van der Waals surface area contributed by atoms with Crippen LogP contribution in [0.25, 0.3) is 11.0 Å². The molecule has 27 heavy (non-hydrogen) atoms. The number of aromatic nitrogens is 4. The molecule has 0 aliphatic rings. The smallest absolute Gasteiger partial charge is 0.264 e. The fraction of sp³-hybridized carbons (Fsp3) is 0.158. The van der Waals surface area contributed by atoms with Crippen LogP contribution in [0.3, 0.4) is 0 Å². The number of carbonyl (C=O) groups excluding carboxylic acids is 1. The van der Waals surface area contributed by atoms with Crippen LogP contribution >= 0.6 is 0 Å². The van der Waals surface area contributed by atoms with E-state index in [9.17, 15) is 9.59 Å². The molecule has 0 radical (unpaired) electrons. The molecule has 3 heterocycles. The molecule has 0 fully saturated rings. The van der Waals surface area contributed by atoms with Crippen molar-refractivity contribution in [3.63, 3.8) is 0 Å². The Bertz CT molecular complexity index is 1130. The number of hydrogen-bond donors (Lipinski definition) is 0. The lowest BCUT2D eigenvalue weighted by Gasteiger charge is -2.22. The molecule has 8 nitrogen and oxygen atoms in total. The Morgan fingerprint density at radius 3 is 2.74 bits per heavy atom. The van der Waals surface area contributed by atoms with Crippen molar-refractivity contribution >= 4 is 22.6 Å². The van der Waals surface area contributed by atoms with Gasteiger partial charge in [-0.1, -0.05) is 18.2 Å². The maximum atomic E-state index is 13.0. The van der Waals surface area contributed by atoms with E-state index in [1.807, 2.05) is 30.3 Å². The van der Waals surface area contributed by atoms with E-state index < -0.39 is 0 Å². The van der Waals surface area contributed by atoms with Crippen LogP contribution in [0.5, 0.6) is 0 Å². The van der Waals surface area contributed by atoms with Crippen LogP contribution in [0.15, 0.2) is 70.5 Å². The van der Waals surface area contributed by atoms with Crippen LogP contribution in [-0.2, 0) is 24.9 Å². The predicted octanol–water partition coefficient (Wildman–Crippen LogP) is 1.96. The van der Waals surface area contributed by atoms with E-state index >= 15 is 0 Å². The molecule has 0 unspecified atom stereocenters. The van der Waals surface area contributed by atoms with E-state index in [2.05, 4.69) is 10.1 Å². The van der Waals surface area contributed by atoms with Gasteiger partial charge in [-0.2, -0.15) is 5.10 Å². The zero-order valence-electron chi connectivity index (χ0n) is 14.6. The number of furan rings is 1. The molecule has 4 aromatic rings. The lowest BCUT2D eigenvalue weighted by atomic mass is 10.2. The molecule has 8 heteroatoms. The Balaban J connectivity index is 1.66. The van der Waals surface area contributed by atoms with Crippen LogP contribution in [0.2, 0.25) is 0 Å². The third kappa shape index (κ3) is 3.24. The first-order valence-electron chi connectivity index (χ1n) is 8.38. The first kappa shape index (κ1) is 16.8. The summed E-state index contributed by atoms with van der Waals surface area (Å²) in [6.45, 7) is 0.138. The lowest BCUT2D eigenvalue weighted by molar-refractivity contribution is -0.119. The van der Waals surface area contributed by atoms with Gasteiger partial charge >= 0.3 is 0 Å². The molecule has 3 aromatic heterocycles. The molecule has 1 aromatic carbocycles. The van der Waals surface area contributed by atoms with Gasteiger partial charge in [-0.15, -0.1) is 0 Å². The summed E-state index contributed by atoms with van der Waals surface area (Å²) in [5.74, 6) is 0.408. The second-order valence-electron chi connectivity index (χ2n) is 6.08. The van der Waals surface area contributed by atoms with Gasteiger partial charge in [0.1, 0.15) is 24.0 Å². The monoisotopic (exact) mass is 363 g/mol. The van der Waals surface area contributed by atoms with Crippen LogP contribution < -0.4 is 10.5 Å². The van der Waals surface area contributed by atoms with E-state index in [0.29, 0.717) is 16.8 Å². The van der Waals surface area contributed by atoms with Gasteiger partial charge < -0.3 is 9.32 Å². The number of fused-ring (bicyclic) bond motifs is 1. The standard InChI is InChI=1S/C19H17N5O3/c1-22-18-16(10-21-22)19(26)23(13-20-18)12-17(25)24(11-15-8-5-9-27-15)14-6-3-2-4-7-14/h2-10,13H,11-12H2,1H3. The molecule has 0 bridgehead atoms. The second kappa shape index (κ2) is 6.91. The topological polar surface area (TPSA) is 86.2 Å². The van der Waals surface area contributed by atoms with Gasteiger partial charge in [-0.05, 0) is 24.3 Å². The summed E-state index contributed by atoms with van der Waals surface area (Å²) in [6.07, 6.45) is 4.40. The largest absolute Gasteiger partial charge is 0.467 e. The van der Waals surface area contributed by atoms with Crippen LogP contribution in [0.1, 0.15) is 5.76 Å². The molecule has 0 N–H and O–H groups in total. The third-order valence-corrected chi connectivity index (χ3v) is 4.29. The van der Waals surface area contributed by atoms with E-state index in [0.717, 1.165) is 5.69 Å². The molecule has 0 atom stereocenters. The van der Waals surface area contributed by atoms with Crippen LogP contribution in [0, 0.1) is 0 Å². The molecule has 136 valence electrons. The highest BCUT2D eigenvalue weighted by Gasteiger charge is 2.19. The first-order valence-corrected chi connectivity index (χ1v) is 8.38. The summed E-state index contributed by atoms with van der Waals surface area (Å²) < 4.78 is 8.20. The van der Waals surface area contributed by atoms with Gasteiger partial charge in [0, 0.05) is 12.7 Å². The van der Waals surface area contributed by atoms with Gasteiger partial charge in [0.25, 0.3) is 5.56 Å². The first-order chi connectivity index (χ1) is 13.1. The molecule has 4 rings (SSSR count). The number of para-hydroxylation sites is 1. The highest BCUT2D eigenvalue weighted by molar-refractivity contribution is 5.93. The molecular formula is C19H17N5O3. The summed E-state index contributed by atoms with van der Waals surface area (Å²) >= 11 is 0. The molecule has 1 amide bonds. The highest BCUT2D eigenvalue weighted by atomic mass is 16.3. The van der Waals surface area contributed by atoms with Gasteiger partial charge in [0.2, 0.25) is 5.91 Å². The summed E-state index contributed by atoms with van der Waals surface area (Å²) in [4.78, 5) is 31.5. The van der Waals surface area contributed by atoms with Gasteiger partial charge in [0.15, 0.2) is 5.65 Å². The van der Waals surface area contributed by atoms with Gasteiger partial charge in [-0.3, -0.25) is 18.8 Å². The molecule has 0 aliphatic carbocycles. The lowest BCUT2D eigenvalue weighted by Crippen LogP contribution is -2.36. The Labute approximate surface area is 154 Å². The summed E-state index contributed by atoms with van der Waals surface area (Å²) in [5.41, 5.74) is 0.911. The normalized spacial score (nSPS) is 11.0. The second-order valence-corrected chi connectivity index (χ2v) is 6.08. The van der Waals surface area contributed by atoms with Gasteiger partial charge in [-0.25, -0.2) is 4.98 Å². The summed E-state index contributed by atoms with van der Waals surface area (Å²) in [6, 6.07) is 12.8. The maximum absolute atomic E-state index is 13.0. The minimum atomic E-state index is -0.299. The third-order valence-electron chi connectivity index (χ3n) is 4.29. The number of anilines is 1. The number of carbonyl (C=O) groups is 1. The van der Waals surface area contributed by atoms with Crippen molar-refractivity contribution in [1.29, 1.82) is 0 Å². The van der Waals surface area contributed by atoms with Crippen LogP contribution in [0.4, 0.5) is 5.69 Å². The van der Waals surface area contributed by atoms with E-state index in [4.69, 9.17) is 4.42 Å². The number of rotatable bonds is 5. The van der Waals surface area contributed by atoms with Gasteiger partial charge in [0.05, 0.1) is 19.0 Å². The average molecular weight is 363 g/mol. The van der Waals surface area contributed by atoms with E-state index in [1.54, 1.807) is 30.3 Å². The number of amides is 1.